The maximum Gasteiger partial charge on any atom is 0.255 e. The number of aromatic nitrogens is 2. The third-order valence-corrected chi connectivity index (χ3v) is 6.17. The molecule has 0 unspecified atom stereocenters. The number of anilines is 3. The summed E-state index contributed by atoms with van der Waals surface area (Å²) in [6, 6.07) is 4.96. The quantitative estimate of drug-likeness (QED) is 0.455. The Hall–Kier alpha value is -3.74. The average molecular weight is 480 g/mol. The van der Waals surface area contributed by atoms with Crippen LogP contribution in [0.4, 0.5) is 21.7 Å². The first-order valence-electron chi connectivity index (χ1n) is 12.0. The number of hydrogen-bond acceptors (Lipinski definition) is 7. The maximum absolute atomic E-state index is 14.2. The second-order valence-corrected chi connectivity index (χ2v) is 9.51. The molecule has 0 spiro atoms. The van der Waals surface area contributed by atoms with Crippen molar-refractivity contribution in [2.75, 3.05) is 10.6 Å². The van der Waals surface area contributed by atoms with Crippen molar-refractivity contribution in [3.05, 3.63) is 41.5 Å². The summed E-state index contributed by atoms with van der Waals surface area (Å²) in [5.74, 6) is -0.519. The lowest BCUT2D eigenvalue weighted by Crippen LogP contribution is -2.41. The van der Waals surface area contributed by atoms with E-state index in [0.717, 1.165) is 44.6 Å². The average Bonchev–Trinajstić information content (AvgIpc) is 3.64. The fourth-order valence-electron chi connectivity index (χ4n) is 4.16. The number of carbonyl (C=O) groups excluding carboxylic acids is 2. The van der Waals surface area contributed by atoms with Gasteiger partial charge < -0.3 is 21.3 Å². The van der Waals surface area contributed by atoms with E-state index in [1.54, 1.807) is 6.07 Å². The fraction of sp³-hybridized carbons (Fsp3) is 0.480. The Labute approximate surface area is 203 Å². The van der Waals surface area contributed by atoms with Gasteiger partial charge in [-0.3, -0.25) is 9.59 Å². The molecule has 10 heteroatoms. The molecule has 184 valence electrons. The topological polar surface area (TPSA) is 132 Å². The minimum Gasteiger partial charge on any atom is -0.382 e. The SMILES string of the molecule is CC(C)Nc1cc(Nc2ncc(C#N)cc2F)ncc1C(=O)NC1CCC(C(=O)NC2CC2)CC1. The van der Waals surface area contributed by atoms with Crippen molar-refractivity contribution in [3.8, 4) is 6.07 Å². The van der Waals surface area contributed by atoms with Gasteiger partial charge in [0.2, 0.25) is 5.91 Å². The molecule has 35 heavy (non-hydrogen) atoms. The second-order valence-electron chi connectivity index (χ2n) is 9.51. The van der Waals surface area contributed by atoms with E-state index in [9.17, 15) is 14.0 Å². The van der Waals surface area contributed by atoms with Crippen LogP contribution in [0.2, 0.25) is 0 Å². The summed E-state index contributed by atoms with van der Waals surface area (Å²) in [5, 5.41) is 21.1. The molecule has 9 nitrogen and oxygen atoms in total. The van der Waals surface area contributed by atoms with Gasteiger partial charge in [-0.25, -0.2) is 14.4 Å². The van der Waals surface area contributed by atoms with E-state index < -0.39 is 5.82 Å². The highest BCUT2D eigenvalue weighted by Gasteiger charge is 2.31. The predicted octanol–water partition coefficient (Wildman–Crippen LogP) is 3.62. The van der Waals surface area contributed by atoms with Gasteiger partial charge in [-0.05, 0) is 58.4 Å². The summed E-state index contributed by atoms with van der Waals surface area (Å²) in [6.07, 6.45) is 7.87. The zero-order chi connectivity index (χ0) is 24.9. The molecule has 0 radical (unpaired) electrons. The van der Waals surface area contributed by atoms with Crippen molar-refractivity contribution < 1.29 is 14.0 Å². The Morgan fingerprint density at radius 1 is 1.03 bits per heavy atom. The van der Waals surface area contributed by atoms with Gasteiger partial charge >= 0.3 is 0 Å². The fourth-order valence-corrected chi connectivity index (χ4v) is 4.16. The van der Waals surface area contributed by atoms with E-state index in [1.807, 2.05) is 19.9 Å². The monoisotopic (exact) mass is 479 g/mol. The number of nitrogens with one attached hydrogen (secondary N) is 4. The third-order valence-electron chi connectivity index (χ3n) is 6.17. The second kappa shape index (κ2) is 10.7. The summed E-state index contributed by atoms with van der Waals surface area (Å²) in [5.41, 5.74) is 1.06. The molecule has 2 aliphatic rings. The molecule has 0 saturated heterocycles. The summed E-state index contributed by atoms with van der Waals surface area (Å²) >= 11 is 0. The molecule has 2 aromatic rings. The molecular formula is C25H30FN7O2. The smallest absolute Gasteiger partial charge is 0.255 e. The number of nitriles is 1. The summed E-state index contributed by atoms with van der Waals surface area (Å²) in [7, 11) is 0. The van der Waals surface area contributed by atoms with E-state index in [1.165, 1.54) is 12.4 Å². The van der Waals surface area contributed by atoms with Crippen LogP contribution in [0.3, 0.4) is 0 Å². The lowest BCUT2D eigenvalue weighted by atomic mass is 9.85. The highest BCUT2D eigenvalue weighted by Crippen LogP contribution is 2.28. The van der Waals surface area contributed by atoms with Crippen molar-refractivity contribution in [3.63, 3.8) is 0 Å². The van der Waals surface area contributed by atoms with Crippen LogP contribution in [-0.4, -0.2) is 39.9 Å². The molecule has 2 aliphatic carbocycles. The van der Waals surface area contributed by atoms with Crippen molar-refractivity contribution in [2.24, 2.45) is 5.92 Å². The minimum atomic E-state index is -0.674. The van der Waals surface area contributed by atoms with Gasteiger partial charge in [0, 0.05) is 42.5 Å². The van der Waals surface area contributed by atoms with E-state index in [0.29, 0.717) is 23.1 Å². The first kappa shape index (κ1) is 24.4. The van der Waals surface area contributed by atoms with Gasteiger partial charge in [-0.15, -0.1) is 0 Å². The Morgan fingerprint density at radius 3 is 2.34 bits per heavy atom. The molecule has 2 aromatic heterocycles. The van der Waals surface area contributed by atoms with E-state index in [4.69, 9.17) is 5.26 Å². The van der Waals surface area contributed by atoms with Crippen LogP contribution in [0, 0.1) is 23.1 Å². The molecule has 2 amide bonds. The van der Waals surface area contributed by atoms with Crippen molar-refractivity contribution in [1.29, 1.82) is 5.26 Å². The molecule has 4 rings (SSSR count). The van der Waals surface area contributed by atoms with Crippen LogP contribution in [-0.2, 0) is 4.79 Å². The number of rotatable bonds is 8. The third kappa shape index (κ3) is 6.44. The highest BCUT2D eigenvalue weighted by molar-refractivity contribution is 6.00. The van der Waals surface area contributed by atoms with E-state index in [-0.39, 0.29) is 41.2 Å². The molecule has 2 fully saturated rings. The number of amides is 2. The van der Waals surface area contributed by atoms with Gasteiger partial charge in [-0.2, -0.15) is 5.26 Å². The summed E-state index contributed by atoms with van der Waals surface area (Å²) in [6.45, 7) is 3.90. The number of halogens is 1. The van der Waals surface area contributed by atoms with Gasteiger partial charge in [0.05, 0.1) is 16.8 Å². The number of carbonyl (C=O) groups is 2. The van der Waals surface area contributed by atoms with Crippen LogP contribution in [0.15, 0.2) is 24.5 Å². The zero-order valence-electron chi connectivity index (χ0n) is 19.9. The van der Waals surface area contributed by atoms with Crippen molar-refractivity contribution >= 4 is 29.1 Å². The van der Waals surface area contributed by atoms with Gasteiger partial charge in [0.15, 0.2) is 11.6 Å². The summed E-state index contributed by atoms with van der Waals surface area (Å²) < 4.78 is 14.2. The van der Waals surface area contributed by atoms with Gasteiger partial charge in [0.25, 0.3) is 5.91 Å². The lowest BCUT2D eigenvalue weighted by molar-refractivity contribution is -0.126. The normalized spacial score (nSPS) is 19.5. The van der Waals surface area contributed by atoms with Crippen LogP contribution in [0.25, 0.3) is 0 Å². The Bertz CT molecular complexity index is 1140. The van der Waals surface area contributed by atoms with Crippen LogP contribution in [0.5, 0.6) is 0 Å². The van der Waals surface area contributed by atoms with Crippen molar-refractivity contribution in [1.82, 2.24) is 20.6 Å². The Morgan fingerprint density at radius 2 is 1.71 bits per heavy atom. The number of pyridine rings is 2. The Kier molecular flexibility index (Phi) is 7.44. The van der Waals surface area contributed by atoms with Gasteiger partial charge in [-0.1, -0.05) is 0 Å². The largest absolute Gasteiger partial charge is 0.382 e. The zero-order valence-corrected chi connectivity index (χ0v) is 19.9. The lowest BCUT2D eigenvalue weighted by Gasteiger charge is -2.28. The minimum absolute atomic E-state index is 0.00544. The van der Waals surface area contributed by atoms with Crippen LogP contribution in [0.1, 0.15) is 68.3 Å². The van der Waals surface area contributed by atoms with Gasteiger partial charge in [0.1, 0.15) is 11.9 Å². The van der Waals surface area contributed by atoms with Crippen molar-refractivity contribution in [2.45, 2.75) is 70.5 Å². The summed E-state index contributed by atoms with van der Waals surface area (Å²) in [4.78, 5) is 33.6. The Balaban J connectivity index is 1.41. The van der Waals surface area contributed by atoms with E-state index in [2.05, 4.69) is 31.2 Å². The molecule has 0 aliphatic heterocycles. The molecule has 2 heterocycles. The standard InChI is InChI=1S/C25H30FN7O2/c1-14(2)30-21-10-22(33-23-20(26)9-15(11-27)12-29-23)28-13-19(21)25(35)32-17-5-3-16(4-6-17)24(34)31-18-7-8-18/h9-10,12-14,16-18H,3-8H2,1-2H3,(H,31,34)(H,32,35)(H2,28,29,30,33). The molecule has 0 aromatic carbocycles. The number of hydrogen-bond donors (Lipinski definition) is 4. The first-order chi connectivity index (χ1) is 16.8. The molecule has 0 bridgehead atoms. The molecular weight excluding hydrogens is 449 g/mol. The van der Waals surface area contributed by atoms with E-state index >= 15 is 0 Å². The molecule has 2 saturated carbocycles. The first-order valence-corrected chi connectivity index (χ1v) is 12.0. The maximum atomic E-state index is 14.2. The molecule has 4 N–H and O–H groups in total. The van der Waals surface area contributed by atoms with Crippen LogP contribution < -0.4 is 21.3 Å². The highest BCUT2D eigenvalue weighted by atomic mass is 19.1. The van der Waals surface area contributed by atoms with Crippen LogP contribution >= 0.6 is 0 Å². The predicted molar refractivity (Wildman–Crippen MR) is 130 cm³/mol. The number of nitrogens with zero attached hydrogens (tertiary/aromatic N) is 3. The molecule has 0 atom stereocenters.